The van der Waals surface area contributed by atoms with E-state index in [1.165, 1.54) is 33.6 Å². The molecule has 0 bridgehead atoms. The van der Waals surface area contributed by atoms with E-state index in [0.29, 0.717) is 29.5 Å². The van der Waals surface area contributed by atoms with Gasteiger partial charge in [-0.1, -0.05) is 166 Å². The minimum atomic E-state index is 0.235. The number of aliphatic imine (C=N–C) groups is 1. The van der Waals surface area contributed by atoms with Crippen LogP contribution in [0.25, 0.3) is 44.7 Å². The number of para-hydroxylation sites is 1. The predicted molar refractivity (Wildman–Crippen MR) is 258 cm³/mol. The Labute approximate surface area is 364 Å². The fourth-order valence-electron chi connectivity index (χ4n) is 10.3. The van der Waals surface area contributed by atoms with E-state index in [9.17, 15) is 0 Å². The van der Waals surface area contributed by atoms with Gasteiger partial charge in [0.25, 0.3) is 0 Å². The SMILES string of the molecule is CC1C=CC=CC1C1C(=Nc2ccc3ccc(-c4cc(-c5ccccc5)nc(-c5ccccc5)n4)cc3c2)C=CC(c2ccc3c(c2)C2CC=CC=C2N3c2ccccc2)C1C. The van der Waals surface area contributed by atoms with Crippen LogP contribution in [0.2, 0.25) is 0 Å². The Kier molecular flexibility index (Phi) is 9.77. The van der Waals surface area contributed by atoms with E-state index in [4.69, 9.17) is 15.0 Å². The van der Waals surface area contributed by atoms with E-state index >= 15 is 0 Å². The molecule has 3 aliphatic carbocycles. The summed E-state index contributed by atoms with van der Waals surface area (Å²) in [6.07, 6.45) is 21.8. The molecule has 62 heavy (non-hydrogen) atoms. The summed E-state index contributed by atoms with van der Waals surface area (Å²) in [5.41, 5.74) is 13.7. The van der Waals surface area contributed by atoms with Gasteiger partial charge in [0.15, 0.2) is 5.82 Å². The third-order valence-corrected chi connectivity index (χ3v) is 13.5. The summed E-state index contributed by atoms with van der Waals surface area (Å²) in [5.74, 6) is 2.64. The van der Waals surface area contributed by atoms with E-state index in [1.54, 1.807) is 0 Å². The lowest BCUT2D eigenvalue weighted by Crippen LogP contribution is -2.36. The monoisotopic (exact) mass is 800 g/mol. The van der Waals surface area contributed by atoms with E-state index in [0.717, 1.165) is 51.3 Å². The molecule has 0 saturated heterocycles. The Bertz CT molecular complexity index is 2930. The number of benzene rings is 6. The topological polar surface area (TPSA) is 41.4 Å². The number of hydrogen-bond acceptors (Lipinski definition) is 4. The van der Waals surface area contributed by atoms with Gasteiger partial charge in [0.05, 0.1) is 17.1 Å². The highest BCUT2D eigenvalue weighted by atomic mass is 15.2. The molecule has 4 nitrogen and oxygen atoms in total. The molecule has 4 aliphatic rings. The summed E-state index contributed by atoms with van der Waals surface area (Å²) in [6, 6.07) is 54.0. The van der Waals surface area contributed by atoms with Gasteiger partial charge < -0.3 is 4.90 Å². The smallest absolute Gasteiger partial charge is 0.160 e. The molecule has 0 spiro atoms. The Morgan fingerprint density at radius 2 is 1.34 bits per heavy atom. The van der Waals surface area contributed by atoms with Crippen LogP contribution in [-0.2, 0) is 0 Å². The Morgan fingerprint density at radius 1 is 0.613 bits per heavy atom. The number of fused-ring (bicyclic) bond motifs is 4. The first kappa shape index (κ1) is 37.8. The van der Waals surface area contributed by atoms with Crippen LogP contribution >= 0.6 is 0 Å². The van der Waals surface area contributed by atoms with Crippen LogP contribution in [0.15, 0.2) is 217 Å². The number of nitrogens with zero attached hydrogens (tertiary/aromatic N) is 4. The molecule has 0 radical (unpaired) electrons. The third kappa shape index (κ3) is 6.96. The van der Waals surface area contributed by atoms with Crippen molar-refractivity contribution < 1.29 is 0 Å². The van der Waals surface area contributed by atoms with Crippen LogP contribution in [0.3, 0.4) is 0 Å². The number of hydrogen-bond donors (Lipinski definition) is 0. The van der Waals surface area contributed by atoms with Crippen molar-refractivity contribution in [1.82, 2.24) is 9.97 Å². The first-order valence-corrected chi connectivity index (χ1v) is 22.1. The van der Waals surface area contributed by atoms with Gasteiger partial charge >= 0.3 is 0 Å². The third-order valence-electron chi connectivity index (χ3n) is 13.5. The van der Waals surface area contributed by atoms with E-state index in [2.05, 4.69) is 201 Å². The zero-order chi connectivity index (χ0) is 41.6. The molecule has 0 saturated carbocycles. The summed E-state index contributed by atoms with van der Waals surface area (Å²) < 4.78 is 0. The Morgan fingerprint density at radius 3 is 2.13 bits per heavy atom. The summed E-state index contributed by atoms with van der Waals surface area (Å²) in [5, 5.41) is 2.31. The normalized spacial score (nSPS) is 23.1. The fraction of sp³-hybridized carbons (Fsp3) is 0.155. The van der Waals surface area contributed by atoms with Crippen LogP contribution in [0.5, 0.6) is 0 Å². The number of rotatable bonds is 7. The first-order valence-electron chi connectivity index (χ1n) is 22.1. The van der Waals surface area contributed by atoms with Crippen molar-refractivity contribution in [3.05, 3.63) is 223 Å². The number of allylic oxidation sites excluding steroid dienone is 10. The van der Waals surface area contributed by atoms with E-state index in [1.807, 2.05) is 24.3 Å². The summed E-state index contributed by atoms with van der Waals surface area (Å²) in [4.78, 5) is 18.1. The Hall–Kier alpha value is -7.17. The minimum absolute atomic E-state index is 0.235. The molecule has 6 aromatic carbocycles. The van der Waals surface area contributed by atoms with Crippen molar-refractivity contribution in [2.24, 2.45) is 28.7 Å². The largest absolute Gasteiger partial charge is 0.313 e. The average molecular weight is 801 g/mol. The molecule has 7 aromatic rings. The van der Waals surface area contributed by atoms with Crippen LogP contribution in [0, 0.1) is 23.7 Å². The van der Waals surface area contributed by atoms with Gasteiger partial charge in [0.1, 0.15) is 0 Å². The maximum Gasteiger partial charge on any atom is 0.160 e. The molecule has 2 heterocycles. The van der Waals surface area contributed by atoms with Crippen molar-refractivity contribution in [2.45, 2.75) is 32.1 Å². The van der Waals surface area contributed by atoms with Gasteiger partial charge in [0, 0.05) is 57.2 Å². The standard InChI is InChI=1S/C58H48N4/c1-38-16-12-13-23-48(38)57-39(2)49(43-29-33-56-51(36-43)50-24-14-15-25-55(50)62(56)47-21-10-5-11-22-47)31-32-52(57)59-46-30-28-40-26-27-44(34-45(40)35-46)54-37-53(41-17-6-3-7-18-41)60-58(61-54)42-19-8-4-9-20-42/h3-23,25-39,48-50,57H,24H2,1-2H3. The maximum atomic E-state index is 5.53. The highest BCUT2D eigenvalue weighted by molar-refractivity contribution is 6.01. The van der Waals surface area contributed by atoms with E-state index in [-0.39, 0.29) is 11.8 Å². The zero-order valence-electron chi connectivity index (χ0n) is 35.1. The second-order valence-corrected chi connectivity index (χ2v) is 17.3. The molecule has 6 unspecified atom stereocenters. The second-order valence-electron chi connectivity index (χ2n) is 17.3. The molecule has 0 N–H and O–H groups in total. The van der Waals surface area contributed by atoms with Gasteiger partial charge in [-0.05, 0) is 101 Å². The molecule has 4 heteroatoms. The molecule has 300 valence electrons. The lowest BCUT2D eigenvalue weighted by atomic mass is 9.64. The lowest BCUT2D eigenvalue weighted by molar-refractivity contribution is 0.294. The second kappa shape index (κ2) is 16.0. The van der Waals surface area contributed by atoms with Crippen LogP contribution < -0.4 is 4.90 Å². The zero-order valence-corrected chi connectivity index (χ0v) is 35.1. The Balaban J connectivity index is 0.961. The fourth-order valence-corrected chi connectivity index (χ4v) is 10.3. The first-order chi connectivity index (χ1) is 30.6. The molecule has 1 aromatic heterocycles. The van der Waals surface area contributed by atoms with Crippen molar-refractivity contribution in [2.75, 3.05) is 4.90 Å². The number of anilines is 2. The highest BCUT2D eigenvalue weighted by Gasteiger charge is 2.40. The highest BCUT2D eigenvalue weighted by Crippen LogP contribution is 2.52. The predicted octanol–water partition coefficient (Wildman–Crippen LogP) is 14.8. The lowest BCUT2D eigenvalue weighted by Gasteiger charge is -2.40. The molecule has 6 atom stereocenters. The molecule has 1 aliphatic heterocycles. The molecule has 0 amide bonds. The molecule has 0 fully saturated rings. The summed E-state index contributed by atoms with van der Waals surface area (Å²) >= 11 is 0. The van der Waals surface area contributed by atoms with Crippen LogP contribution in [0.4, 0.5) is 17.1 Å². The molecular formula is C58H48N4. The van der Waals surface area contributed by atoms with Crippen molar-refractivity contribution in [1.29, 1.82) is 0 Å². The molecule has 11 rings (SSSR count). The summed E-state index contributed by atoms with van der Waals surface area (Å²) in [7, 11) is 0. The quantitative estimate of drug-likeness (QED) is 0.161. The summed E-state index contributed by atoms with van der Waals surface area (Å²) in [6.45, 7) is 4.81. The van der Waals surface area contributed by atoms with Gasteiger partial charge in [-0.2, -0.15) is 0 Å². The van der Waals surface area contributed by atoms with Crippen LogP contribution in [0.1, 0.15) is 43.2 Å². The van der Waals surface area contributed by atoms with Gasteiger partial charge in [-0.25, -0.2) is 9.97 Å². The molecular weight excluding hydrogens is 753 g/mol. The van der Waals surface area contributed by atoms with Gasteiger partial charge in [-0.15, -0.1) is 0 Å². The van der Waals surface area contributed by atoms with Crippen molar-refractivity contribution in [3.63, 3.8) is 0 Å². The number of aromatic nitrogens is 2. The average Bonchev–Trinajstić information content (AvgIpc) is 3.66. The van der Waals surface area contributed by atoms with Crippen LogP contribution in [-0.4, -0.2) is 15.7 Å². The van der Waals surface area contributed by atoms with Crippen molar-refractivity contribution in [3.8, 4) is 33.9 Å². The maximum absolute atomic E-state index is 5.53. The van der Waals surface area contributed by atoms with Gasteiger partial charge in [-0.3, -0.25) is 4.99 Å². The van der Waals surface area contributed by atoms with Gasteiger partial charge in [0.2, 0.25) is 0 Å². The van der Waals surface area contributed by atoms with E-state index < -0.39 is 0 Å². The van der Waals surface area contributed by atoms with Crippen molar-refractivity contribution >= 4 is 33.5 Å². The minimum Gasteiger partial charge on any atom is -0.313 e.